The van der Waals surface area contributed by atoms with E-state index in [1.807, 2.05) is 12.2 Å². The van der Waals surface area contributed by atoms with E-state index < -0.39 is 18.5 Å². The van der Waals surface area contributed by atoms with Crippen molar-refractivity contribution >= 4 is 29.8 Å². The van der Waals surface area contributed by atoms with Crippen LogP contribution in [0.2, 0.25) is 0 Å². The zero-order valence-electron chi connectivity index (χ0n) is 16.6. The van der Waals surface area contributed by atoms with Gasteiger partial charge in [0.05, 0.1) is 26.1 Å². The predicted molar refractivity (Wildman–Crippen MR) is 104 cm³/mol. The van der Waals surface area contributed by atoms with Crippen LogP contribution in [0.5, 0.6) is 11.5 Å². The fourth-order valence-electron chi connectivity index (χ4n) is 4.51. The van der Waals surface area contributed by atoms with E-state index in [4.69, 9.17) is 9.47 Å². The van der Waals surface area contributed by atoms with Crippen LogP contribution in [0.1, 0.15) is 12.0 Å². The van der Waals surface area contributed by atoms with Crippen LogP contribution in [-0.2, 0) is 23.9 Å². The van der Waals surface area contributed by atoms with Crippen molar-refractivity contribution in [3.63, 3.8) is 0 Å². The number of nitrogens with zero attached hydrogens (tertiary/aromatic N) is 1. The Morgan fingerprint density at radius 3 is 2.33 bits per heavy atom. The zero-order chi connectivity index (χ0) is 21.4. The molecule has 8 heteroatoms. The third-order valence-electron chi connectivity index (χ3n) is 5.87. The molecule has 1 aromatic rings. The van der Waals surface area contributed by atoms with Gasteiger partial charge in [0, 0.05) is 6.08 Å². The molecule has 1 saturated carbocycles. The van der Waals surface area contributed by atoms with Gasteiger partial charge in [-0.1, -0.05) is 18.2 Å². The summed E-state index contributed by atoms with van der Waals surface area (Å²) in [6, 6.07) is 4.73. The number of carbonyl (C=O) groups is 4. The first-order valence-electron chi connectivity index (χ1n) is 9.61. The molecule has 4 unspecified atom stereocenters. The van der Waals surface area contributed by atoms with Crippen molar-refractivity contribution in [1.82, 2.24) is 4.90 Å². The maximum atomic E-state index is 12.7. The lowest BCUT2D eigenvalue weighted by atomic mass is 9.85. The summed E-state index contributed by atoms with van der Waals surface area (Å²) in [6.07, 6.45) is 7.62. The van der Waals surface area contributed by atoms with Crippen LogP contribution in [-0.4, -0.2) is 49.4 Å². The van der Waals surface area contributed by atoms with E-state index in [1.165, 1.54) is 32.4 Å². The number of likely N-dealkylation sites (tertiary alicyclic amines) is 1. The largest absolute Gasteiger partial charge is 0.493 e. The number of methoxy groups -OCH3 is 2. The SMILES string of the molecule is COC(=O)/C=C/c1ccc(OC(=O)CN2C(=O)C3C4C=CC(C4)C3C2=O)c(OC)c1. The number of allylic oxidation sites excluding steroid dienone is 2. The molecule has 1 heterocycles. The number of amides is 2. The first kappa shape index (κ1) is 19.9. The second kappa shape index (κ2) is 7.78. The molecule has 1 aromatic carbocycles. The van der Waals surface area contributed by atoms with Gasteiger partial charge in [0.25, 0.3) is 0 Å². The van der Waals surface area contributed by atoms with E-state index in [-0.39, 0.29) is 47.0 Å². The lowest BCUT2D eigenvalue weighted by Crippen LogP contribution is -2.38. The number of carbonyl (C=O) groups excluding carboxylic acids is 4. The molecule has 0 aromatic heterocycles. The molecular formula is C22H21NO7. The van der Waals surface area contributed by atoms with Gasteiger partial charge in [-0.05, 0) is 42.0 Å². The van der Waals surface area contributed by atoms with E-state index in [0.717, 1.165) is 11.3 Å². The van der Waals surface area contributed by atoms with Crippen molar-refractivity contribution in [2.24, 2.45) is 23.7 Å². The Morgan fingerprint density at radius 1 is 1.07 bits per heavy atom. The van der Waals surface area contributed by atoms with Crippen molar-refractivity contribution < 1.29 is 33.4 Å². The highest BCUT2D eigenvalue weighted by Crippen LogP contribution is 2.52. The number of hydrogen-bond acceptors (Lipinski definition) is 7. The number of ether oxygens (including phenoxy) is 3. The van der Waals surface area contributed by atoms with Crippen molar-refractivity contribution in [3.05, 3.63) is 42.0 Å². The average Bonchev–Trinajstić information content (AvgIpc) is 3.42. The molecule has 0 spiro atoms. The maximum absolute atomic E-state index is 12.7. The lowest BCUT2D eigenvalue weighted by molar-refractivity contribution is -0.148. The van der Waals surface area contributed by atoms with Crippen LogP contribution in [0.25, 0.3) is 6.08 Å². The molecule has 156 valence electrons. The minimum atomic E-state index is -0.729. The van der Waals surface area contributed by atoms with Crippen molar-refractivity contribution in [2.45, 2.75) is 6.42 Å². The fourth-order valence-corrected chi connectivity index (χ4v) is 4.51. The molecule has 1 aliphatic heterocycles. The van der Waals surface area contributed by atoms with E-state index in [1.54, 1.807) is 12.1 Å². The quantitative estimate of drug-likeness (QED) is 0.230. The summed E-state index contributed by atoms with van der Waals surface area (Å²) >= 11 is 0. The molecule has 0 N–H and O–H groups in total. The third kappa shape index (κ3) is 3.38. The van der Waals surface area contributed by atoms with Gasteiger partial charge in [-0.15, -0.1) is 0 Å². The Bertz CT molecular complexity index is 950. The van der Waals surface area contributed by atoms with Gasteiger partial charge in [-0.25, -0.2) is 9.59 Å². The van der Waals surface area contributed by atoms with Gasteiger partial charge >= 0.3 is 11.9 Å². The molecule has 4 rings (SSSR count). The molecule has 8 nitrogen and oxygen atoms in total. The highest BCUT2D eigenvalue weighted by Gasteiger charge is 2.59. The van der Waals surface area contributed by atoms with Crippen molar-refractivity contribution in [1.29, 1.82) is 0 Å². The average molecular weight is 411 g/mol. The summed E-state index contributed by atoms with van der Waals surface area (Å²) < 4.78 is 15.1. The molecule has 2 fully saturated rings. The summed E-state index contributed by atoms with van der Waals surface area (Å²) in [5, 5.41) is 0. The second-order valence-electron chi connectivity index (χ2n) is 7.50. The molecule has 3 aliphatic rings. The zero-order valence-corrected chi connectivity index (χ0v) is 16.6. The summed E-state index contributed by atoms with van der Waals surface area (Å²) in [7, 11) is 2.69. The van der Waals surface area contributed by atoms with E-state index in [0.29, 0.717) is 5.56 Å². The number of benzene rings is 1. The van der Waals surface area contributed by atoms with E-state index >= 15 is 0 Å². The topological polar surface area (TPSA) is 99.2 Å². The molecular weight excluding hydrogens is 390 g/mol. The summed E-state index contributed by atoms with van der Waals surface area (Å²) in [4.78, 5) is 50.1. The molecule has 2 bridgehead atoms. The van der Waals surface area contributed by atoms with Crippen LogP contribution in [0.15, 0.2) is 36.4 Å². The Morgan fingerprint density at radius 2 is 1.73 bits per heavy atom. The number of hydrogen-bond donors (Lipinski definition) is 0. The van der Waals surface area contributed by atoms with Crippen molar-refractivity contribution in [2.75, 3.05) is 20.8 Å². The van der Waals surface area contributed by atoms with Crippen molar-refractivity contribution in [3.8, 4) is 11.5 Å². The normalized spacial score (nSPS) is 26.4. The van der Waals surface area contributed by atoms with Crippen LogP contribution in [0.4, 0.5) is 0 Å². The predicted octanol–water partition coefficient (Wildman–Crippen LogP) is 1.59. The minimum absolute atomic E-state index is 0.0863. The Labute approximate surface area is 173 Å². The maximum Gasteiger partial charge on any atom is 0.331 e. The highest BCUT2D eigenvalue weighted by atomic mass is 16.6. The molecule has 2 aliphatic carbocycles. The summed E-state index contributed by atoms with van der Waals surface area (Å²) in [5.41, 5.74) is 0.637. The first-order chi connectivity index (χ1) is 14.4. The minimum Gasteiger partial charge on any atom is -0.493 e. The van der Waals surface area contributed by atoms with Gasteiger partial charge in [-0.2, -0.15) is 0 Å². The Hall–Kier alpha value is -3.42. The smallest absolute Gasteiger partial charge is 0.331 e. The van der Waals surface area contributed by atoms with Gasteiger partial charge in [-0.3, -0.25) is 14.5 Å². The van der Waals surface area contributed by atoms with Crippen LogP contribution >= 0.6 is 0 Å². The fraction of sp³-hybridized carbons (Fsp3) is 0.364. The first-order valence-corrected chi connectivity index (χ1v) is 9.61. The summed E-state index contributed by atoms with van der Waals surface area (Å²) in [6.45, 7) is -0.433. The van der Waals surface area contributed by atoms with Gasteiger partial charge in [0.15, 0.2) is 11.5 Å². The Kier molecular flexibility index (Phi) is 5.15. The number of esters is 2. The van der Waals surface area contributed by atoms with Gasteiger partial charge in [0.2, 0.25) is 11.8 Å². The number of imide groups is 1. The third-order valence-corrected chi connectivity index (χ3v) is 5.87. The van der Waals surface area contributed by atoms with Crippen LogP contribution in [0.3, 0.4) is 0 Å². The van der Waals surface area contributed by atoms with E-state index in [2.05, 4.69) is 4.74 Å². The van der Waals surface area contributed by atoms with E-state index in [9.17, 15) is 19.2 Å². The Balaban J connectivity index is 1.43. The molecule has 30 heavy (non-hydrogen) atoms. The molecule has 0 radical (unpaired) electrons. The molecule has 2 amide bonds. The lowest BCUT2D eigenvalue weighted by Gasteiger charge is -2.17. The highest BCUT2D eigenvalue weighted by molar-refractivity contribution is 6.08. The van der Waals surface area contributed by atoms with Crippen LogP contribution < -0.4 is 9.47 Å². The van der Waals surface area contributed by atoms with Gasteiger partial charge in [0.1, 0.15) is 6.54 Å². The van der Waals surface area contributed by atoms with Gasteiger partial charge < -0.3 is 14.2 Å². The monoisotopic (exact) mass is 411 g/mol. The van der Waals surface area contributed by atoms with Crippen LogP contribution in [0, 0.1) is 23.7 Å². The second-order valence-corrected chi connectivity index (χ2v) is 7.50. The number of rotatable bonds is 6. The number of fused-ring (bicyclic) bond motifs is 5. The standard InChI is InChI=1S/C22H21NO7/c1-28-16-9-12(4-8-17(24)29-2)3-7-15(16)30-18(25)11-23-21(26)19-13-5-6-14(10-13)20(19)22(23)27/h3-9,13-14,19-20H,10-11H2,1-2H3/b8-4+. The molecule has 4 atom stereocenters. The summed E-state index contributed by atoms with van der Waals surface area (Å²) in [5.74, 6) is -1.93. The molecule has 1 saturated heterocycles.